The molecule has 25 heavy (non-hydrogen) atoms. The molecular weight excluding hydrogens is 314 g/mol. The molecule has 0 saturated heterocycles. The normalized spacial score (nSPS) is 12.2. The molecule has 5 nitrogen and oxygen atoms in total. The molecular formula is C20H31N3O2. The van der Waals surface area contributed by atoms with Gasteiger partial charge in [0.05, 0.1) is 17.2 Å². The van der Waals surface area contributed by atoms with Crippen molar-refractivity contribution in [1.82, 2.24) is 10.3 Å². The van der Waals surface area contributed by atoms with Crippen LogP contribution in [0.4, 0.5) is 5.69 Å². The van der Waals surface area contributed by atoms with Gasteiger partial charge in [0.2, 0.25) is 5.91 Å². The highest BCUT2D eigenvalue weighted by Gasteiger charge is 2.33. The quantitative estimate of drug-likeness (QED) is 0.873. The van der Waals surface area contributed by atoms with Crippen LogP contribution in [0.2, 0.25) is 0 Å². The summed E-state index contributed by atoms with van der Waals surface area (Å²) in [5.74, 6) is -0.146. The van der Waals surface area contributed by atoms with Gasteiger partial charge in [0.1, 0.15) is 0 Å². The average molecular weight is 345 g/mol. The van der Waals surface area contributed by atoms with Crippen molar-refractivity contribution < 1.29 is 9.90 Å². The third kappa shape index (κ3) is 4.92. The molecule has 2 aromatic rings. The first-order valence-corrected chi connectivity index (χ1v) is 8.76. The van der Waals surface area contributed by atoms with E-state index in [-0.39, 0.29) is 12.5 Å². The Morgan fingerprint density at radius 2 is 1.92 bits per heavy atom. The lowest BCUT2D eigenvalue weighted by molar-refractivity contribution is -0.119. The van der Waals surface area contributed by atoms with Crippen molar-refractivity contribution in [3.8, 4) is 0 Å². The molecule has 0 saturated carbocycles. The molecule has 138 valence electrons. The highest BCUT2D eigenvalue weighted by molar-refractivity contribution is 5.92. The fourth-order valence-electron chi connectivity index (χ4n) is 2.59. The lowest BCUT2D eigenvalue weighted by Gasteiger charge is -2.41. The van der Waals surface area contributed by atoms with Crippen LogP contribution in [-0.4, -0.2) is 41.2 Å². The van der Waals surface area contributed by atoms with Crippen LogP contribution in [0.3, 0.4) is 0 Å². The highest BCUT2D eigenvalue weighted by atomic mass is 16.3. The Bertz CT molecular complexity index is 713. The Hall–Kier alpha value is -2.14. The van der Waals surface area contributed by atoms with Gasteiger partial charge in [-0.1, -0.05) is 32.0 Å². The summed E-state index contributed by atoms with van der Waals surface area (Å²) >= 11 is 0. The molecule has 1 heterocycles. The van der Waals surface area contributed by atoms with Crippen LogP contribution in [-0.2, 0) is 4.79 Å². The van der Waals surface area contributed by atoms with Crippen molar-refractivity contribution in [1.29, 1.82) is 0 Å². The number of carbonyl (C=O) groups excluding carboxylic acids is 1. The molecule has 0 bridgehead atoms. The van der Waals surface area contributed by atoms with E-state index in [2.05, 4.69) is 15.2 Å². The monoisotopic (exact) mass is 345 g/mol. The first kappa shape index (κ1) is 20.9. The molecule has 0 aliphatic rings. The highest BCUT2D eigenvalue weighted by Crippen LogP contribution is 2.31. The number of hydrogen-bond donors (Lipinski definition) is 2. The Morgan fingerprint density at radius 1 is 1.32 bits per heavy atom. The number of rotatable bonds is 5. The van der Waals surface area contributed by atoms with Crippen molar-refractivity contribution in [3.05, 3.63) is 36.0 Å². The molecule has 0 spiro atoms. The molecule has 1 aromatic heterocycles. The van der Waals surface area contributed by atoms with E-state index in [0.717, 1.165) is 22.3 Å². The third-order valence-corrected chi connectivity index (χ3v) is 4.41. The van der Waals surface area contributed by atoms with Gasteiger partial charge < -0.3 is 15.3 Å². The molecule has 0 aliphatic heterocycles. The largest absolute Gasteiger partial charge is 0.389 e. The van der Waals surface area contributed by atoms with Crippen LogP contribution in [0.5, 0.6) is 0 Å². The van der Waals surface area contributed by atoms with Gasteiger partial charge in [0, 0.05) is 37.3 Å². The lowest BCUT2D eigenvalue weighted by atomic mass is 9.93. The first-order valence-electron chi connectivity index (χ1n) is 8.76. The molecule has 2 rings (SSSR count). The van der Waals surface area contributed by atoms with Gasteiger partial charge in [-0.3, -0.25) is 9.78 Å². The van der Waals surface area contributed by atoms with E-state index in [9.17, 15) is 9.90 Å². The molecule has 1 amide bonds. The van der Waals surface area contributed by atoms with Crippen molar-refractivity contribution in [3.63, 3.8) is 0 Å². The number of para-hydroxylation sites is 1. The maximum absolute atomic E-state index is 11.1. The van der Waals surface area contributed by atoms with Gasteiger partial charge in [-0.15, -0.1) is 0 Å². The van der Waals surface area contributed by atoms with Gasteiger partial charge in [-0.05, 0) is 32.9 Å². The minimum atomic E-state index is -0.705. The molecule has 5 heteroatoms. The minimum Gasteiger partial charge on any atom is -0.389 e. The second kappa shape index (κ2) is 8.81. The molecule has 0 aliphatic carbocycles. The van der Waals surface area contributed by atoms with E-state index in [1.54, 1.807) is 0 Å². The van der Waals surface area contributed by atoms with Crippen LogP contribution in [0.1, 0.15) is 40.3 Å². The maximum atomic E-state index is 11.1. The number of aliphatic hydroxyl groups is 1. The van der Waals surface area contributed by atoms with Crippen molar-refractivity contribution >= 4 is 22.5 Å². The zero-order valence-electron chi connectivity index (χ0n) is 16.4. The van der Waals surface area contributed by atoms with Crippen molar-refractivity contribution in [2.45, 2.75) is 53.2 Å². The van der Waals surface area contributed by atoms with E-state index in [0.29, 0.717) is 0 Å². The van der Waals surface area contributed by atoms with Gasteiger partial charge in [-0.25, -0.2) is 0 Å². The van der Waals surface area contributed by atoms with E-state index in [1.807, 2.05) is 72.0 Å². The topological polar surface area (TPSA) is 65.5 Å². The van der Waals surface area contributed by atoms with E-state index < -0.39 is 11.6 Å². The smallest absolute Gasteiger partial charge is 0.216 e. The summed E-state index contributed by atoms with van der Waals surface area (Å²) in [7, 11) is 1.96. The number of nitrogens with zero attached hydrogens (tertiary/aromatic N) is 2. The zero-order valence-corrected chi connectivity index (χ0v) is 16.4. The summed E-state index contributed by atoms with van der Waals surface area (Å²) in [6.45, 7) is 11.6. The van der Waals surface area contributed by atoms with E-state index in [4.69, 9.17) is 0 Å². The Balaban J connectivity index is 0.00000151. The number of benzene rings is 1. The fraction of sp³-hybridized carbons (Fsp3) is 0.500. The first-order chi connectivity index (χ1) is 11.7. The van der Waals surface area contributed by atoms with E-state index in [1.165, 1.54) is 6.92 Å². The van der Waals surface area contributed by atoms with Crippen LogP contribution < -0.4 is 10.2 Å². The van der Waals surface area contributed by atoms with Crippen molar-refractivity contribution in [2.75, 3.05) is 18.5 Å². The minimum absolute atomic E-state index is 0.146. The summed E-state index contributed by atoms with van der Waals surface area (Å²) in [6, 6.07) is 9.99. The number of aromatic nitrogens is 1. The van der Waals surface area contributed by atoms with Crippen LogP contribution in [0, 0.1) is 6.92 Å². The summed E-state index contributed by atoms with van der Waals surface area (Å²) in [4.78, 5) is 17.7. The average Bonchev–Trinajstić information content (AvgIpc) is 2.59. The number of nitrogens with one attached hydrogen (secondary N) is 1. The molecule has 0 fully saturated rings. The van der Waals surface area contributed by atoms with Gasteiger partial charge in [0.25, 0.3) is 0 Å². The molecule has 2 N–H and O–H groups in total. The predicted octanol–water partition coefficient (Wildman–Crippen LogP) is 3.28. The molecule has 0 radical (unpaired) electrons. The summed E-state index contributed by atoms with van der Waals surface area (Å²) in [6.07, 6.45) is -0.705. The van der Waals surface area contributed by atoms with E-state index >= 15 is 0 Å². The standard InChI is InChI=1S/C18H25N3O2.C2H6/c1-12-10-16(14-8-6-7-9-15(14)20-12)21(5)18(3,4)17(23)11-19-13(2)22;1-2/h6-10,17,23H,11H2,1-5H3,(H,19,22);1-2H3. The maximum Gasteiger partial charge on any atom is 0.216 e. The fourth-order valence-corrected chi connectivity index (χ4v) is 2.59. The number of hydrogen-bond acceptors (Lipinski definition) is 4. The Morgan fingerprint density at radius 3 is 2.52 bits per heavy atom. The number of amides is 1. The Labute approximate surface area is 151 Å². The molecule has 1 atom stereocenters. The molecule has 1 unspecified atom stereocenters. The number of aryl methyl sites for hydroxylation is 1. The second-order valence-corrected chi connectivity index (χ2v) is 6.47. The van der Waals surface area contributed by atoms with Gasteiger partial charge >= 0.3 is 0 Å². The second-order valence-electron chi connectivity index (χ2n) is 6.47. The third-order valence-electron chi connectivity index (χ3n) is 4.41. The van der Waals surface area contributed by atoms with Gasteiger partial charge in [0.15, 0.2) is 0 Å². The zero-order chi connectivity index (χ0) is 19.2. The lowest BCUT2D eigenvalue weighted by Crippen LogP contribution is -2.54. The number of anilines is 1. The number of carbonyl (C=O) groups is 1. The van der Waals surface area contributed by atoms with Crippen LogP contribution in [0.25, 0.3) is 10.9 Å². The predicted molar refractivity (Wildman–Crippen MR) is 105 cm³/mol. The number of likely N-dealkylation sites (N-methyl/N-ethyl adjacent to an activating group) is 1. The van der Waals surface area contributed by atoms with Gasteiger partial charge in [-0.2, -0.15) is 0 Å². The number of aliphatic hydroxyl groups excluding tert-OH is 1. The van der Waals surface area contributed by atoms with Crippen LogP contribution in [0.15, 0.2) is 30.3 Å². The van der Waals surface area contributed by atoms with Crippen molar-refractivity contribution in [2.24, 2.45) is 0 Å². The summed E-state index contributed by atoms with van der Waals surface area (Å²) in [5, 5.41) is 14.2. The summed E-state index contributed by atoms with van der Waals surface area (Å²) in [5.41, 5.74) is 2.32. The number of fused-ring (bicyclic) bond motifs is 1. The van der Waals surface area contributed by atoms with Crippen LogP contribution >= 0.6 is 0 Å². The summed E-state index contributed by atoms with van der Waals surface area (Å²) < 4.78 is 0. The molecule has 1 aromatic carbocycles. The SMILES string of the molecule is CC.CC(=O)NCC(O)C(C)(C)N(C)c1cc(C)nc2ccccc12. The number of pyridine rings is 1. The Kier molecular flexibility index (Phi) is 7.37.